The third kappa shape index (κ3) is 1.73. The van der Waals surface area contributed by atoms with Gasteiger partial charge < -0.3 is 10.8 Å². The molecule has 0 heterocycles. The van der Waals surface area contributed by atoms with Crippen molar-refractivity contribution in [2.24, 2.45) is 5.73 Å². The molecule has 70 valence electrons. The molecule has 0 aliphatic rings. The maximum absolute atomic E-state index is 9.75. The number of aryl methyl sites for hydroxylation is 1. The van der Waals surface area contributed by atoms with Crippen molar-refractivity contribution in [3.8, 4) is 5.75 Å². The zero-order chi connectivity index (χ0) is 10.0. The summed E-state index contributed by atoms with van der Waals surface area (Å²) >= 11 is 0. The summed E-state index contributed by atoms with van der Waals surface area (Å²) in [5.41, 5.74) is 8.42. The molecular weight excluding hydrogens is 162 g/mol. The second-order valence-electron chi connectivity index (χ2n) is 3.21. The van der Waals surface area contributed by atoms with Gasteiger partial charge in [-0.25, -0.2) is 0 Å². The van der Waals surface area contributed by atoms with Gasteiger partial charge in [-0.15, -0.1) is 6.58 Å². The lowest BCUT2D eigenvalue weighted by Crippen LogP contribution is -2.07. The van der Waals surface area contributed by atoms with Crippen molar-refractivity contribution in [1.29, 1.82) is 0 Å². The highest BCUT2D eigenvalue weighted by atomic mass is 16.3. The summed E-state index contributed by atoms with van der Waals surface area (Å²) < 4.78 is 0. The second-order valence-corrected chi connectivity index (χ2v) is 3.21. The van der Waals surface area contributed by atoms with Crippen molar-refractivity contribution in [2.45, 2.75) is 19.9 Å². The fourth-order valence-electron chi connectivity index (χ4n) is 1.22. The van der Waals surface area contributed by atoms with Crippen LogP contribution < -0.4 is 5.73 Å². The van der Waals surface area contributed by atoms with Crippen LogP contribution in [0.2, 0.25) is 0 Å². The summed E-state index contributed by atoms with van der Waals surface area (Å²) in [6.07, 6.45) is 1.61. The smallest absolute Gasteiger partial charge is 0.123 e. The molecule has 0 amide bonds. The van der Waals surface area contributed by atoms with E-state index >= 15 is 0 Å². The first-order chi connectivity index (χ1) is 6.07. The van der Waals surface area contributed by atoms with Crippen LogP contribution in [0.15, 0.2) is 24.8 Å². The molecule has 1 rings (SSSR count). The number of phenols is 1. The lowest BCUT2D eigenvalue weighted by atomic mass is 10.00. The molecular formula is C11H15NO. The molecule has 2 nitrogen and oxygen atoms in total. The number of nitrogens with two attached hydrogens (primary N) is 1. The summed E-state index contributed by atoms with van der Waals surface area (Å²) in [5.74, 6) is 0.285. The average molecular weight is 177 g/mol. The molecule has 1 atom stereocenters. The number of hydrogen-bond acceptors (Lipinski definition) is 2. The Morgan fingerprint density at radius 3 is 2.62 bits per heavy atom. The van der Waals surface area contributed by atoms with E-state index in [1.54, 1.807) is 6.08 Å². The van der Waals surface area contributed by atoms with Crippen molar-refractivity contribution < 1.29 is 5.11 Å². The fraction of sp³-hybridized carbons (Fsp3) is 0.273. The molecule has 1 aromatic rings. The van der Waals surface area contributed by atoms with Crippen LogP contribution in [0.25, 0.3) is 0 Å². The van der Waals surface area contributed by atoms with Crippen LogP contribution >= 0.6 is 0 Å². The molecule has 0 aliphatic carbocycles. The maximum atomic E-state index is 9.75. The Balaban J connectivity index is 3.25. The van der Waals surface area contributed by atoms with Gasteiger partial charge in [-0.1, -0.05) is 18.2 Å². The number of rotatable bonds is 2. The Bertz CT molecular complexity index is 331. The van der Waals surface area contributed by atoms with Crippen molar-refractivity contribution in [3.05, 3.63) is 41.5 Å². The van der Waals surface area contributed by atoms with Gasteiger partial charge in [0.25, 0.3) is 0 Å². The van der Waals surface area contributed by atoms with Gasteiger partial charge in [0.1, 0.15) is 5.75 Å². The predicted molar refractivity (Wildman–Crippen MR) is 54.7 cm³/mol. The zero-order valence-corrected chi connectivity index (χ0v) is 8.04. The molecule has 0 spiro atoms. The van der Waals surface area contributed by atoms with Gasteiger partial charge >= 0.3 is 0 Å². The maximum Gasteiger partial charge on any atom is 0.123 e. The third-order valence-corrected chi connectivity index (χ3v) is 2.35. The van der Waals surface area contributed by atoms with Gasteiger partial charge in [0, 0.05) is 5.56 Å². The SMILES string of the molecule is C=CC(N)c1ccc(C)c(C)c1O. The van der Waals surface area contributed by atoms with Crippen LogP contribution in [0, 0.1) is 13.8 Å². The van der Waals surface area contributed by atoms with E-state index in [1.807, 2.05) is 26.0 Å². The van der Waals surface area contributed by atoms with Crippen molar-refractivity contribution in [2.75, 3.05) is 0 Å². The first-order valence-corrected chi connectivity index (χ1v) is 4.25. The Labute approximate surface area is 78.7 Å². The molecule has 0 radical (unpaired) electrons. The van der Waals surface area contributed by atoms with Crippen LogP contribution in [-0.4, -0.2) is 5.11 Å². The highest BCUT2D eigenvalue weighted by molar-refractivity contribution is 5.46. The van der Waals surface area contributed by atoms with Gasteiger partial charge in [0.2, 0.25) is 0 Å². The normalized spacial score (nSPS) is 12.5. The number of hydrogen-bond donors (Lipinski definition) is 2. The van der Waals surface area contributed by atoms with Crippen LogP contribution in [0.3, 0.4) is 0 Å². The number of benzene rings is 1. The summed E-state index contributed by atoms with van der Waals surface area (Å²) in [6.45, 7) is 7.43. The molecule has 0 fully saturated rings. The van der Waals surface area contributed by atoms with Gasteiger partial charge in [-0.3, -0.25) is 0 Å². The minimum absolute atomic E-state index is 0.285. The van der Waals surface area contributed by atoms with E-state index in [2.05, 4.69) is 6.58 Å². The fourth-order valence-corrected chi connectivity index (χ4v) is 1.22. The van der Waals surface area contributed by atoms with Crippen LogP contribution in [-0.2, 0) is 0 Å². The lowest BCUT2D eigenvalue weighted by Gasteiger charge is -2.12. The molecule has 13 heavy (non-hydrogen) atoms. The number of aromatic hydroxyl groups is 1. The van der Waals surface area contributed by atoms with Crippen LogP contribution in [0.5, 0.6) is 5.75 Å². The summed E-state index contributed by atoms with van der Waals surface area (Å²) in [5, 5.41) is 9.75. The average Bonchev–Trinajstić information content (AvgIpc) is 2.13. The number of phenolic OH excluding ortho intramolecular Hbond substituents is 1. The van der Waals surface area contributed by atoms with Crippen molar-refractivity contribution in [1.82, 2.24) is 0 Å². The minimum atomic E-state index is -0.292. The Kier molecular flexibility index (Phi) is 2.73. The molecule has 1 unspecified atom stereocenters. The van der Waals surface area contributed by atoms with E-state index in [0.717, 1.165) is 16.7 Å². The van der Waals surface area contributed by atoms with Gasteiger partial charge in [0.05, 0.1) is 6.04 Å². The summed E-state index contributed by atoms with van der Waals surface area (Å²) in [6, 6.07) is 3.50. The third-order valence-electron chi connectivity index (χ3n) is 2.35. The quantitative estimate of drug-likeness (QED) is 0.680. The van der Waals surface area contributed by atoms with E-state index in [0.29, 0.717) is 0 Å². The van der Waals surface area contributed by atoms with E-state index in [1.165, 1.54) is 0 Å². The summed E-state index contributed by atoms with van der Waals surface area (Å²) in [7, 11) is 0. The molecule has 3 N–H and O–H groups in total. The lowest BCUT2D eigenvalue weighted by molar-refractivity contribution is 0.461. The topological polar surface area (TPSA) is 46.2 Å². The molecule has 0 bridgehead atoms. The van der Waals surface area contributed by atoms with Crippen molar-refractivity contribution in [3.63, 3.8) is 0 Å². The standard InChI is InChI=1S/C11H15NO/c1-4-10(12)9-6-5-7(2)8(3)11(9)13/h4-6,10,13H,1,12H2,2-3H3. The molecule has 1 aromatic carbocycles. The largest absolute Gasteiger partial charge is 0.507 e. The molecule has 0 aliphatic heterocycles. The predicted octanol–water partition coefficient (Wildman–Crippen LogP) is 2.19. The first kappa shape index (κ1) is 9.81. The zero-order valence-electron chi connectivity index (χ0n) is 8.04. The second kappa shape index (κ2) is 3.62. The monoisotopic (exact) mass is 177 g/mol. The summed E-state index contributed by atoms with van der Waals surface area (Å²) in [4.78, 5) is 0. The van der Waals surface area contributed by atoms with Gasteiger partial charge in [-0.2, -0.15) is 0 Å². The molecule has 0 aromatic heterocycles. The highest BCUT2D eigenvalue weighted by Gasteiger charge is 2.10. The van der Waals surface area contributed by atoms with Gasteiger partial charge in [-0.05, 0) is 25.0 Å². The first-order valence-electron chi connectivity index (χ1n) is 4.25. The Morgan fingerprint density at radius 1 is 1.46 bits per heavy atom. The van der Waals surface area contributed by atoms with Crippen molar-refractivity contribution >= 4 is 0 Å². The van der Waals surface area contributed by atoms with Gasteiger partial charge in [0.15, 0.2) is 0 Å². The van der Waals surface area contributed by atoms with E-state index in [9.17, 15) is 5.11 Å². The molecule has 0 saturated carbocycles. The minimum Gasteiger partial charge on any atom is -0.507 e. The van der Waals surface area contributed by atoms with E-state index in [4.69, 9.17) is 5.73 Å². The highest BCUT2D eigenvalue weighted by Crippen LogP contribution is 2.28. The van der Waals surface area contributed by atoms with E-state index < -0.39 is 0 Å². The molecule has 0 saturated heterocycles. The van der Waals surface area contributed by atoms with Crippen LogP contribution in [0.4, 0.5) is 0 Å². The Hall–Kier alpha value is -1.28. The molecule has 2 heteroatoms. The van der Waals surface area contributed by atoms with E-state index in [-0.39, 0.29) is 11.8 Å². The Morgan fingerprint density at radius 2 is 2.08 bits per heavy atom. The van der Waals surface area contributed by atoms with Crippen LogP contribution in [0.1, 0.15) is 22.7 Å².